The highest BCUT2D eigenvalue weighted by molar-refractivity contribution is 6.11. The summed E-state index contributed by atoms with van der Waals surface area (Å²) in [5, 5.41) is 0. The van der Waals surface area contributed by atoms with E-state index in [0.717, 1.165) is 24.0 Å². The first-order valence-electron chi connectivity index (χ1n) is 11.8. The fraction of sp³-hybridized carbons (Fsp3) is 0.333. The van der Waals surface area contributed by atoms with Gasteiger partial charge in [-0.25, -0.2) is 4.99 Å². The molecule has 3 rings (SSSR count). The molecular weight excluding hydrogens is 402 g/mol. The summed E-state index contributed by atoms with van der Waals surface area (Å²) in [7, 11) is 1.75. The Morgan fingerprint density at radius 1 is 0.818 bits per heavy atom. The summed E-state index contributed by atoms with van der Waals surface area (Å²) in [4.78, 5) is 8.99. The van der Waals surface area contributed by atoms with Crippen LogP contribution in [0.1, 0.15) is 67.0 Å². The largest absolute Gasteiger partial charge is 0.383 e. The van der Waals surface area contributed by atoms with Gasteiger partial charge in [0.05, 0.1) is 0 Å². The maximum absolute atomic E-state index is 6.26. The normalized spacial score (nSPS) is 12.8. The van der Waals surface area contributed by atoms with Gasteiger partial charge in [-0.15, -0.1) is 0 Å². The van der Waals surface area contributed by atoms with Crippen LogP contribution >= 0.6 is 0 Å². The van der Waals surface area contributed by atoms with E-state index in [9.17, 15) is 0 Å². The lowest BCUT2D eigenvalue weighted by Gasteiger charge is -2.29. The Kier molecular flexibility index (Phi) is 7.53. The maximum Gasteiger partial charge on any atom is 0.156 e. The molecule has 3 nitrogen and oxygen atoms in total. The van der Waals surface area contributed by atoms with Crippen molar-refractivity contribution in [2.75, 3.05) is 7.05 Å². The van der Waals surface area contributed by atoms with Gasteiger partial charge >= 0.3 is 0 Å². The van der Waals surface area contributed by atoms with Crippen LogP contribution in [0.2, 0.25) is 0 Å². The van der Waals surface area contributed by atoms with E-state index in [1.54, 1.807) is 7.05 Å². The fourth-order valence-electron chi connectivity index (χ4n) is 4.36. The molecule has 0 saturated heterocycles. The second-order valence-corrected chi connectivity index (χ2v) is 9.24. The van der Waals surface area contributed by atoms with Gasteiger partial charge in [0, 0.05) is 18.2 Å². The van der Waals surface area contributed by atoms with E-state index >= 15 is 0 Å². The number of amidine groups is 2. The van der Waals surface area contributed by atoms with Gasteiger partial charge in [-0.3, -0.25) is 4.99 Å². The third-order valence-corrected chi connectivity index (χ3v) is 7.01. The van der Waals surface area contributed by atoms with Crippen molar-refractivity contribution in [2.45, 2.75) is 59.8 Å². The van der Waals surface area contributed by atoms with E-state index in [4.69, 9.17) is 5.73 Å². The topological polar surface area (TPSA) is 50.7 Å². The molecule has 0 atom stereocenters. The number of rotatable bonds is 6. The van der Waals surface area contributed by atoms with Crippen molar-refractivity contribution in [3.63, 3.8) is 0 Å². The van der Waals surface area contributed by atoms with E-state index in [-0.39, 0.29) is 5.41 Å². The molecule has 0 spiro atoms. The summed E-state index contributed by atoms with van der Waals surface area (Å²) < 4.78 is 0. The second-order valence-electron chi connectivity index (χ2n) is 9.24. The van der Waals surface area contributed by atoms with Crippen molar-refractivity contribution in [1.82, 2.24) is 0 Å². The molecule has 0 heterocycles. The van der Waals surface area contributed by atoms with E-state index in [1.165, 1.54) is 33.4 Å². The second kappa shape index (κ2) is 10.2. The molecule has 3 aromatic rings. The zero-order valence-electron chi connectivity index (χ0n) is 21.2. The predicted octanol–water partition coefficient (Wildman–Crippen LogP) is 7.14. The van der Waals surface area contributed by atoms with Crippen LogP contribution in [0.25, 0.3) is 11.1 Å². The lowest BCUT2D eigenvalue weighted by molar-refractivity contribution is 0.438. The van der Waals surface area contributed by atoms with E-state index in [0.29, 0.717) is 11.7 Å². The Labute approximate surface area is 199 Å². The van der Waals surface area contributed by atoms with Crippen molar-refractivity contribution >= 4 is 11.7 Å². The molecule has 33 heavy (non-hydrogen) atoms. The third-order valence-electron chi connectivity index (χ3n) is 7.01. The van der Waals surface area contributed by atoms with Gasteiger partial charge in [0.15, 0.2) is 5.84 Å². The minimum Gasteiger partial charge on any atom is -0.383 e. The molecule has 0 amide bonds. The molecule has 172 valence electrons. The van der Waals surface area contributed by atoms with Crippen LogP contribution in [0, 0.1) is 20.8 Å². The van der Waals surface area contributed by atoms with Gasteiger partial charge < -0.3 is 5.73 Å². The van der Waals surface area contributed by atoms with Gasteiger partial charge in [-0.05, 0) is 66.8 Å². The number of nitrogens with two attached hydrogens (primary N) is 1. The quantitative estimate of drug-likeness (QED) is 0.322. The standard InChI is InChI=1S/C30H37N3/c1-8-30(6,9-2)26-18-21(4)27(22(5)19-26)23-14-16-25(17-15-23)29(32-7)33-28(31)24-12-10-20(3)11-13-24/h10-19H,8-9H2,1-7H3,(H2,31,32,33). The van der Waals surface area contributed by atoms with E-state index < -0.39 is 0 Å². The molecule has 0 saturated carbocycles. The number of hydrogen-bond acceptors (Lipinski definition) is 1. The van der Waals surface area contributed by atoms with Crippen molar-refractivity contribution in [3.05, 3.63) is 94.0 Å². The summed E-state index contributed by atoms with van der Waals surface area (Å²) in [6.07, 6.45) is 2.28. The van der Waals surface area contributed by atoms with Gasteiger partial charge in [-0.1, -0.05) is 87.0 Å². The van der Waals surface area contributed by atoms with Gasteiger partial charge in [-0.2, -0.15) is 0 Å². The number of hydrogen-bond donors (Lipinski definition) is 1. The van der Waals surface area contributed by atoms with E-state index in [1.807, 2.05) is 24.3 Å². The molecule has 2 N–H and O–H groups in total. The van der Waals surface area contributed by atoms with Crippen molar-refractivity contribution in [1.29, 1.82) is 0 Å². The first kappa shape index (κ1) is 24.4. The number of benzene rings is 3. The van der Waals surface area contributed by atoms with Gasteiger partial charge in [0.1, 0.15) is 5.84 Å². The third kappa shape index (κ3) is 5.24. The predicted molar refractivity (Wildman–Crippen MR) is 144 cm³/mol. The van der Waals surface area contributed by atoms with E-state index in [2.05, 4.69) is 87.9 Å². The van der Waals surface area contributed by atoms with Crippen LogP contribution in [0.5, 0.6) is 0 Å². The Hall–Kier alpha value is -3.20. The Bertz CT molecular complexity index is 1140. The molecular formula is C30H37N3. The molecule has 0 aromatic heterocycles. The van der Waals surface area contributed by atoms with Crippen molar-refractivity contribution in [3.8, 4) is 11.1 Å². The lowest BCUT2D eigenvalue weighted by Crippen LogP contribution is -2.20. The molecule has 0 aliphatic carbocycles. The van der Waals surface area contributed by atoms with Crippen LogP contribution in [0.4, 0.5) is 0 Å². The van der Waals surface area contributed by atoms with Crippen LogP contribution in [0.3, 0.4) is 0 Å². The van der Waals surface area contributed by atoms with Crippen LogP contribution < -0.4 is 5.73 Å². The number of aryl methyl sites for hydroxylation is 3. The number of aliphatic imine (C=N–C) groups is 2. The fourth-order valence-corrected chi connectivity index (χ4v) is 4.36. The highest BCUT2D eigenvalue weighted by Gasteiger charge is 2.23. The molecule has 3 aromatic carbocycles. The summed E-state index contributed by atoms with van der Waals surface area (Å²) in [5.74, 6) is 1.10. The summed E-state index contributed by atoms with van der Waals surface area (Å²) in [6, 6.07) is 21.3. The highest BCUT2D eigenvalue weighted by atomic mass is 14.9. The average molecular weight is 440 g/mol. The monoisotopic (exact) mass is 439 g/mol. The summed E-state index contributed by atoms with van der Waals surface area (Å²) in [6.45, 7) is 13.4. The first-order chi connectivity index (χ1) is 15.7. The summed E-state index contributed by atoms with van der Waals surface area (Å²) >= 11 is 0. The molecule has 0 radical (unpaired) electrons. The van der Waals surface area contributed by atoms with Gasteiger partial charge in [0.2, 0.25) is 0 Å². The lowest BCUT2D eigenvalue weighted by atomic mass is 9.76. The molecule has 3 heteroatoms. The highest BCUT2D eigenvalue weighted by Crippen LogP contribution is 2.36. The number of nitrogens with zero attached hydrogens (tertiary/aromatic N) is 2. The SMILES string of the molecule is CCC(C)(CC)c1cc(C)c(-c2ccc(C(N=C(N)c3ccc(C)cc3)=NC)cc2)c(C)c1. The Morgan fingerprint density at radius 3 is 1.82 bits per heavy atom. The molecule has 0 bridgehead atoms. The summed E-state index contributed by atoms with van der Waals surface area (Å²) in [5.41, 5.74) is 16.1. The first-order valence-corrected chi connectivity index (χ1v) is 11.8. The molecule has 0 aliphatic rings. The zero-order chi connectivity index (χ0) is 24.2. The average Bonchev–Trinajstić information content (AvgIpc) is 2.82. The molecule has 0 aliphatic heterocycles. The molecule has 0 unspecified atom stereocenters. The smallest absolute Gasteiger partial charge is 0.156 e. The van der Waals surface area contributed by atoms with Crippen LogP contribution in [-0.4, -0.2) is 18.7 Å². The zero-order valence-corrected chi connectivity index (χ0v) is 21.2. The van der Waals surface area contributed by atoms with Crippen molar-refractivity contribution in [2.24, 2.45) is 15.7 Å². The Morgan fingerprint density at radius 2 is 1.33 bits per heavy atom. The van der Waals surface area contributed by atoms with Crippen LogP contribution in [-0.2, 0) is 5.41 Å². The molecule has 0 fully saturated rings. The Balaban J connectivity index is 1.92. The minimum absolute atomic E-state index is 0.222. The minimum atomic E-state index is 0.222. The maximum atomic E-state index is 6.26. The van der Waals surface area contributed by atoms with Crippen molar-refractivity contribution < 1.29 is 0 Å². The van der Waals surface area contributed by atoms with Crippen LogP contribution in [0.15, 0.2) is 70.6 Å². The van der Waals surface area contributed by atoms with Gasteiger partial charge in [0.25, 0.3) is 0 Å².